The highest BCUT2D eigenvalue weighted by atomic mass is 35.5. The number of carbonyl (C=O) groups excluding carboxylic acids is 1. The predicted octanol–water partition coefficient (Wildman–Crippen LogP) is 5.18. The van der Waals surface area contributed by atoms with Crippen molar-refractivity contribution >= 4 is 29.0 Å². The Labute approximate surface area is 168 Å². The number of hydrogen-bond donors (Lipinski definition) is 0. The molecule has 0 N–H and O–H groups in total. The number of methoxy groups -OCH3 is 2. The van der Waals surface area contributed by atoms with Crippen molar-refractivity contribution in [2.75, 3.05) is 20.8 Å². The molecule has 2 rings (SSSR count). The van der Waals surface area contributed by atoms with Gasteiger partial charge in [0.2, 0.25) is 5.75 Å². The Hall–Kier alpha value is -2.24. The third kappa shape index (κ3) is 5.15. The quantitative estimate of drug-likeness (QED) is 0.421. The van der Waals surface area contributed by atoms with Crippen LogP contribution in [0.5, 0.6) is 17.2 Å². The largest absolute Gasteiger partial charge is 0.493 e. The zero-order valence-electron chi connectivity index (χ0n) is 15.4. The Bertz CT molecular complexity index is 817. The first-order chi connectivity index (χ1) is 13.0. The van der Waals surface area contributed by atoms with Crippen LogP contribution in [-0.2, 0) is 6.42 Å². The van der Waals surface area contributed by atoms with Gasteiger partial charge in [-0.3, -0.25) is 9.78 Å². The lowest BCUT2D eigenvalue weighted by atomic mass is 10.0. The second kappa shape index (κ2) is 10.2. The van der Waals surface area contributed by atoms with E-state index in [9.17, 15) is 4.79 Å². The molecule has 1 aromatic heterocycles. The van der Waals surface area contributed by atoms with Gasteiger partial charge in [0, 0.05) is 24.4 Å². The van der Waals surface area contributed by atoms with Gasteiger partial charge in [0.05, 0.1) is 29.8 Å². The fourth-order valence-corrected chi connectivity index (χ4v) is 2.99. The summed E-state index contributed by atoms with van der Waals surface area (Å²) in [4.78, 5) is 16.9. The fourth-order valence-electron chi connectivity index (χ4n) is 2.49. The van der Waals surface area contributed by atoms with E-state index in [2.05, 4.69) is 4.98 Å². The average molecular weight is 410 g/mol. The fraction of sp³-hybridized carbons (Fsp3) is 0.300. The van der Waals surface area contributed by atoms with Crippen LogP contribution in [0.3, 0.4) is 0 Å². The summed E-state index contributed by atoms with van der Waals surface area (Å²) in [7, 11) is 3.02. The molecule has 27 heavy (non-hydrogen) atoms. The van der Waals surface area contributed by atoms with Crippen molar-refractivity contribution in [2.24, 2.45) is 0 Å². The lowest BCUT2D eigenvalue weighted by Gasteiger charge is -2.16. The molecule has 1 aromatic carbocycles. The summed E-state index contributed by atoms with van der Waals surface area (Å²) in [5, 5.41) is 0.675. The molecule has 0 saturated carbocycles. The van der Waals surface area contributed by atoms with Crippen LogP contribution in [-0.4, -0.2) is 31.6 Å². The third-order valence-electron chi connectivity index (χ3n) is 3.82. The molecule has 0 aliphatic heterocycles. The number of allylic oxidation sites excluding steroid dienone is 1. The standard InChI is InChI=1S/C20H21Cl2NO4/c1-4-5-6-9-27-19-13(7-8-18(25-2)20(19)26-3)17(24)10-14-15(21)11-23-12-16(14)22/h5-8,11-12H,4,9-10H2,1-3H3/b6-5+. The lowest BCUT2D eigenvalue weighted by Crippen LogP contribution is -2.10. The lowest BCUT2D eigenvalue weighted by molar-refractivity contribution is 0.0988. The molecule has 0 amide bonds. The highest BCUT2D eigenvalue weighted by Gasteiger charge is 2.22. The van der Waals surface area contributed by atoms with Crippen LogP contribution in [0.2, 0.25) is 10.0 Å². The summed E-state index contributed by atoms with van der Waals surface area (Å²) in [5.41, 5.74) is 0.881. The van der Waals surface area contributed by atoms with Gasteiger partial charge < -0.3 is 14.2 Å². The van der Waals surface area contributed by atoms with Crippen LogP contribution in [0.15, 0.2) is 36.7 Å². The molecule has 0 aliphatic rings. The zero-order valence-corrected chi connectivity index (χ0v) is 16.9. The van der Waals surface area contributed by atoms with Crippen molar-refractivity contribution in [1.29, 1.82) is 0 Å². The average Bonchev–Trinajstić information content (AvgIpc) is 2.67. The minimum atomic E-state index is -0.208. The molecule has 0 atom stereocenters. The van der Waals surface area contributed by atoms with Crippen molar-refractivity contribution in [1.82, 2.24) is 4.98 Å². The van der Waals surface area contributed by atoms with Gasteiger partial charge >= 0.3 is 0 Å². The Kier molecular flexibility index (Phi) is 7.95. The van der Waals surface area contributed by atoms with E-state index in [1.165, 1.54) is 26.6 Å². The zero-order chi connectivity index (χ0) is 19.8. The van der Waals surface area contributed by atoms with Crippen molar-refractivity contribution in [2.45, 2.75) is 19.8 Å². The number of nitrogens with zero attached hydrogens (tertiary/aromatic N) is 1. The van der Waals surface area contributed by atoms with E-state index in [4.69, 9.17) is 37.4 Å². The highest BCUT2D eigenvalue weighted by Crippen LogP contribution is 2.40. The van der Waals surface area contributed by atoms with E-state index in [0.717, 1.165) is 6.42 Å². The first-order valence-corrected chi connectivity index (χ1v) is 9.12. The number of pyridine rings is 1. The Morgan fingerprint density at radius 2 is 1.78 bits per heavy atom. The van der Waals surface area contributed by atoms with Crippen molar-refractivity contribution < 1.29 is 19.0 Å². The van der Waals surface area contributed by atoms with Gasteiger partial charge in [-0.25, -0.2) is 0 Å². The summed E-state index contributed by atoms with van der Waals surface area (Å²) >= 11 is 12.3. The maximum absolute atomic E-state index is 13.0. The monoisotopic (exact) mass is 409 g/mol. The number of aromatic nitrogens is 1. The van der Waals surface area contributed by atoms with Gasteiger partial charge in [0.15, 0.2) is 17.3 Å². The second-order valence-corrected chi connectivity index (χ2v) is 6.36. The molecule has 144 valence electrons. The van der Waals surface area contributed by atoms with E-state index in [1.54, 1.807) is 12.1 Å². The first kappa shape index (κ1) is 21.1. The van der Waals surface area contributed by atoms with Crippen LogP contribution in [0.25, 0.3) is 0 Å². The van der Waals surface area contributed by atoms with E-state index < -0.39 is 0 Å². The molecule has 5 nitrogen and oxygen atoms in total. The van der Waals surface area contributed by atoms with Gasteiger partial charge in [-0.15, -0.1) is 0 Å². The van der Waals surface area contributed by atoms with Gasteiger partial charge in [0.1, 0.15) is 6.61 Å². The van der Waals surface area contributed by atoms with Gasteiger partial charge in [-0.2, -0.15) is 0 Å². The molecular formula is C20H21Cl2NO4. The molecule has 0 fully saturated rings. The number of Topliss-reactive ketones (excluding diaryl/α,β-unsaturated/α-hetero) is 1. The van der Waals surface area contributed by atoms with Gasteiger partial charge in [-0.05, 0) is 18.6 Å². The topological polar surface area (TPSA) is 57.7 Å². The number of ether oxygens (including phenoxy) is 3. The summed E-state index contributed by atoms with van der Waals surface area (Å²) in [6.45, 7) is 2.33. The number of rotatable bonds is 9. The van der Waals surface area contributed by atoms with E-state index in [1.807, 2.05) is 19.1 Å². The maximum atomic E-state index is 13.0. The minimum Gasteiger partial charge on any atom is -0.493 e. The molecule has 0 aliphatic carbocycles. The minimum absolute atomic E-state index is 0.0107. The SMILES string of the molecule is CC/C=C/COc1c(C(=O)Cc2c(Cl)cncc2Cl)ccc(OC)c1OC. The van der Waals surface area contributed by atoms with Crippen LogP contribution >= 0.6 is 23.2 Å². The highest BCUT2D eigenvalue weighted by molar-refractivity contribution is 6.36. The number of hydrogen-bond acceptors (Lipinski definition) is 5. The van der Waals surface area contributed by atoms with E-state index >= 15 is 0 Å². The molecule has 7 heteroatoms. The van der Waals surface area contributed by atoms with Gasteiger partial charge in [0.25, 0.3) is 0 Å². The van der Waals surface area contributed by atoms with Gasteiger partial charge in [-0.1, -0.05) is 42.3 Å². The molecule has 0 bridgehead atoms. The van der Waals surface area contributed by atoms with Crippen LogP contribution in [0.1, 0.15) is 29.3 Å². The number of ketones is 1. The smallest absolute Gasteiger partial charge is 0.204 e. The summed E-state index contributed by atoms with van der Waals surface area (Å²) in [6.07, 6.45) is 7.67. The summed E-state index contributed by atoms with van der Waals surface area (Å²) < 4.78 is 16.6. The Morgan fingerprint density at radius 3 is 2.37 bits per heavy atom. The summed E-state index contributed by atoms with van der Waals surface area (Å²) in [6, 6.07) is 3.31. The van der Waals surface area contributed by atoms with Crippen molar-refractivity contribution in [3.8, 4) is 17.2 Å². The van der Waals surface area contributed by atoms with Crippen LogP contribution in [0.4, 0.5) is 0 Å². The Balaban J connectivity index is 2.41. The van der Waals surface area contributed by atoms with E-state index in [0.29, 0.717) is 45.0 Å². The first-order valence-electron chi connectivity index (χ1n) is 8.37. The van der Waals surface area contributed by atoms with Crippen LogP contribution in [0, 0.1) is 0 Å². The molecule has 0 unspecified atom stereocenters. The molecule has 2 aromatic rings. The molecule has 0 saturated heterocycles. The number of halogens is 2. The maximum Gasteiger partial charge on any atom is 0.204 e. The normalized spacial score (nSPS) is 10.9. The van der Waals surface area contributed by atoms with E-state index in [-0.39, 0.29) is 12.2 Å². The van der Waals surface area contributed by atoms with Crippen molar-refractivity contribution in [3.63, 3.8) is 0 Å². The second-order valence-electron chi connectivity index (χ2n) is 5.55. The predicted molar refractivity (Wildman–Crippen MR) is 107 cm³/mol. The van der Waals surface area contributed by atoms with Crippen LogP contribution < -0.4 is 14.2 Å². The third-order valence-corrected chi connectivity index (χ3v) is 4.47. The number of benzene rings is 1. The molecule has 1 heterocycles. The molecule has 0 spiro atoms. The Morgan fingerprint density at radius 1 is 1.07 bits per heavy atom. The number of carbonyl (C=O) groups is 1. The summed E-state index contributed by atoms with van der Waals surface area (Å²) in [5.74, 6) is 0.952. The van der Waals surface area contributed by atoms with Crippen molar-refractivity contribution in [3.05, 3.63) is 57.9 Å². The molecule has 0 radical (unpaired) electrons. The molecular weight excluding hydrogens is 389 g/mol.